The summed E-state index contributed by atoms with van der Waals surface area (Å²) in [7, 11) is -8.74. The third-order valence-electron chi connectivity index (χ3n) is 2.93. The van der Waals surface area contributed by atoms with Gasteiger partial charge in [-0.15, -0.1) is 5.10 Å². The summed E-state index contributed by atoms with van der Waals surface area (Å²) in [6, 6.07) is 10.4. The Bertz CT molecular complexity index is 1040. The van der Waals surface area contributed by atoms with Gasteiger partial charge in [-0.2, -0.15) is 21.6 Å². The van der Waals surface area contributed by atoms with Gasteiger partial charge in [-0.3, -0.25) is 5.43 Å². The van der Waals surface area contributed by atoms with E-state index >= 15 is 0 Å². The van der Waals surface area contributed by atoms with Gasteiger partial charge in [-0.25, -0.2) is 13.6 Å². The molecule has 8 nitrogen and oxygen atoms in total. The fourth-order valence-corrected chi connectivity index (χ4v) is 3.14. The van der Waals surface area contributed by atoms with Crippen LogP contribution in [-0.4, -0.2) is 28.9 Å². The Hall–Kier alpha value is -2.64. The number of nitrogens with zero attached hydrogens (tertiary/aromatic N) is 1. The minimum Gasteiger partial charge on any atom is -0.351 e. The third kappa shape index (κ3) is 5.67. The van der Waals surface area contributed by atoms with Crippen LogP contribution in [0.2, 0.25) is 0 Å². The number of hydrazone groups is 1. The first-order valence-electron chi connectivity index (χ1n) is 6.93. The highest BCUT2D eigenvalue weighted by molar-refractivity contribution is 7.89. The van der Waals surface area contributed by atoms with Crippen molar-refractivity contribution >= 4 is 31.7 Å². The summed E-state index contributed by atoms with van der Waals surface area (Å²) < 4.78 is 89.3. The topological polar surface area (TPSA) is 128 Å². The lowest BCUT2D eigenvalue weighted by Gasteiger charge is -2.12. The molecule has 0 aliphatic heterocycles. The van der Waals surface area contributed by atoms with E-state index in [2.05, 4.69) is 9.28 Å². The smallest absolute Gasteiger partial charge is 0.351 e. The lowest BCUT2D eigenvalue weighted by molar-refractivity contribution is -0.0707. The van der Waals surface area contributed by atoms with Gasteiger partial charge in [0.25, 0.3) is 0 Å². The second-order valence-corrected chi connectivity index (χ2v) is 8.05. The summed E-state index contributed by atoms with van der Waals surface area (Å²) in [5.41, 5.74) is 1.88. The molecule has 0 fully saturated rings. The van der Waals surface area contributed by atoms with Crippen molar-refractivity contribution in [2.45, 2.75) is 16.0 Å². The molecule has 0 radical (unpaired) electrons. The number of hydrogen-bond acceptors (Lipinski definition) is 7. The first-order chi connectivity index (χ1) is 12.4. The van der Waals surface area contributed by atoms with Crippen molar-refractivity contribution in [2.75, 3.05) is 5.43 Å². The van der Waals surface area contributed by atoms with Crippen LogP contribution in [0.25, 0.3) is 0 Å². The van der Waals surface area contributed by atoms with E-state index in [1.165, 1.54) is 18.2 Å². The van der Waals surface area contributed by atoms with Crippen molar-refractivity contribution in [3.8, 4) is 0 Å². The number of alkyl halides is 3. The molecule has 2 aromatic carbocycles. The molecule has 0 aromatic heterocycles. The largest absolute Gasteiger partial charge is 0.471 e. The second kappa shape index (κ2) is 7.54. The van der Waals surface area contributed by atoms with Crippen molar-refractivity contribution < 1.29 is 34.2 Å². The van der Waals surface area contributed by atoms with E-state index in [-0.39, 0.29) is 10.6 Å². The fourth-order valence-electron chi connectivity index (χ4n) is 1.70. The van der Waals surface area contributed by atoms with Crippen molar-refractivity contribution in [3.05, 3.63) is 54.6 Å². The minimum atomic E-state index is -5.21. The first-order valence-corrected chi connectivity index (χ1v) is 9.88. The van der Waals surface area contributed by atoms with Crippen LogP contribution in [0.1, 0.15) is 0 Å². The lowest BCUT2D eigenvalue weighted by Crippen LogP contribution is -2.29. The Balaban J connectivity index is 2.27. The summed E-state index contributed by atoms with van der Waals surface area (Å²) in [4.78, 5) is -0.754. The van der Waals surface area contributed by atoms with Crippen LogP contribution >= 0.6 is 0 Å². The highest BCUT2D eigenvalue weighted by atomic mass is 32.2. The van der Waals surface area contributed by atoms with Crippen LogP contribution in [0.4, 0.5) is 18.9 Å². The van der Waals surface area contributed by atoms with Gasteiger partial charge in [-0.1, -0.05) is 18.2 Å². The van der Waals surface area contributed by atoms with Crippen molar-refractivity contribution in [2.24, 2.45) is 10.2 Å². The fraction of sp³-hybridized carbons (Fsp3) is 0.0714. The molecule has 0 aliphatic rings. The highest BCUT2D eigenvalue weighted by Crippen LogP contribution is 2.23. The lowest BCUT2D eigenvalue weighted by atomic mass is 10.3. The summed E-state index contributed by atoms with van der Waals surface area (Å²) in [5.74, 6) is -2.05. The molecule has 0 saturated heterocycles. The zero-order chi connectivity index (χ0) is 20.3. The average Bonchev–Trinajstić information content (AvgIpc) is 2.58. The minimum absolute atomic E-state index is 0.0649. The molecule has 0 heterocycles. The number of halogens is 3. The molecule has 13 heteroatoms. The second-order valence-electron chi connectivity index (χ2n) is 4.95. The van der Waals surface area contributed by atoms with Crippen LogP contribution in [0.3, 0.4) is 0 Å². The van der Waals surface area contributed by atoms with Gasteiger partial charge in [-0.05, 0) is 36.4 Å². The Kier molecular flexibility index (Phi) is 5.77. The molecule has 2 rings (SSSR count). The SMILES string of the molecule is NS(=O)(=O)c1ccc(N/N=C(\OS(=O)(=O)c2ccccc2)C(F)(F)F)cc1. The van der Waals surface area contributed by atoms with Gasteiger partial charge < -0.3 is 4.18 Å². The van der Waals surface area contributed by atoms with Gasteiger partial charge in [0.15, 0.2) is 0 Å². The Morgan fingerprint density at radius 1 is 0.926 bits per heavy atom. The summed E-state index contributed by atoms with van der Waals surface area (Å²) in [6.45, 7) is 0. The molecule has 146 valence electrons. The Morgan fingerprint density at radius 2 is 1.48 bits per heavy atom. The summed E-state index contributed by atoms with van der Waals surface area (Å²) in [5, 5.41) is 7.83. The molecular weight excluding hydrogens is 411 g/mol. The standard InChI is InChI=1S/C14H12F3N3O5S2/c15-14(16,17)13(25-27(23,24)12-4-2-1-3-5-12)20-19-10-6-8-11(9-7-10)26(18,21)22/h1-9,19H,(H2,18,21,22)/b20-13-. The van der Waals surface area contributed by atoms with Gasteiger partial charge in [0.05, 0.1) is 10.6 Å². The van der Waals surface area contributed by atoms with E-state index in [0.29, 0.717) is 0 Å². The van der Waals surface area contributed by atoms with E-state index in [4.69, 9.17) is 5.14 Å². The van der Waals surface area contributed by atoms with E-state index < -0.39 is 37.1 Å². The molecule has 0 unspecified atom stereocenters. The number of sulfonamides is 1. The number of primary sulfonamides is 1. The van der Waals surface area contributed by atoms with E-state index in [9.17, 15) is 30.0 Å². The monoisotopic (exact) mass is 423 g/mol. The molecule has 0 atom stereocenters. The van der Waals surface area contributed by atoms with Crippen molar-refractivity contribution in [1.82, 2.24) is 0 Å². The molecule has 0 aliphatic carbocycles. The maximum Gasteiger partial charge on any atom is 0.471 e. The first kappa shape index (κ1) is 20.7. The Morgan fingerprint density at radius 3 is 1.96 bits per heavy atom. The van der Waals surface area contributed by atoms with Gasteiger partial charge in [0, 0.05) is 0 Å². The van der Waals surface area contributed by atoms with Crippen molar-refractivity contribution in [1.29, 1.82) is 0 Å². The van der Waals surface area contributed by atoms with E-state index in [1.807, 2.05) is 5.43 Å². The normalized spacial score (nSPS) is 13.3. The molecular formula is C14H12F3N3O5S2. The third-order valence-corrected chi connectivity index (χ3v) is 5.09. The predicted octanol–water partition coefficient (Wildman–Crippen LogP) is 2.03. The van der Waals surface area contributed by atoms with Crippen molar-refractivity contribution in [3.63, 3.8) is 0 Å². The maximum atomic E-state index is 13.0. The van der Waals surface area contributed by atoms with Gasteiger partial charge in [0.2, 0.25) is 10.0 Å². The highest BCUT2D eigenvalue weighted by Gasteiger charge is 2.42. The van der Waals surface area contributed by atoms with E-state index in [0.717, 1.165) is 36.4 Å². The predicted molar refractivity (Wildman–Crippen MR) is 89.6 cm³/mol. The molecule has 0 bridgehead atoms. The molecule has 3 N–H and O–H groups in total. The maximum absolute atomic E-state index is 13.0. The number of anilines is 1. The van der Waals surface area contributed by atoms with Gasteiger partial charge in [0.1, 0.15) is 4.90 Å². The average molecular weight is 423 g/mol. The van der Waals surface area contributed by atoms with Crippen LogP contribution in [0, 0.1) is 0 Å². The van der Waals surface area contributed by atoms with Crippen LogP contribution in [0.15, 0.2) is 69.5 Å². The quantitative estimate of drug-likeness (QED) is 0.328. The number of benzene rings is 2. The zero-order valence-corrected chi connectivity index (χ0v) is 14.8. The summed E-state index contributed by atoms with van der Waals surface area (Å²) in [6.07, 6.45) is -5.21. The van der Waals surface area contributed by atoms with E-state index in [1.54, 1.807) is 0 Å². The summed E-state index contributed by atoms with van der Waals surface area (Å²) >= 11 is 0. The van der Waals surface area contributed by atoms with Gasteiger partial charge >= 0.3 is 22.2 Å². The van der Waals surface area contributed by atoms with Crippen LogP contribution < -0.4 is 10.6 Å². The number of hydrogen-bond donors (Lipinski definition) is 2. The number of rotatable bonds is 5. The molecule has 2 aromatic rings. The number of nitrogens with two attached hydrogens (primary N) is 1. The Labute approximate surface area is 152 Å². The van der Waals surface area contributed by atoms with Crippen LogP contribution in [-0.2, 0) is 24.3 Å². The zero-order valence-electron chi connectivity index (χ0n) is 13.2. The number of nitrogens with one attached hydrogen (secondary N) is 1. The molecule has 0 amide bonds. The molecule has 0 saturated carbocycles. The molecule has 27 heavy (non-hydrogen) atoms. The molecule has 0 spiro atoms. The van der Waals surface area contributed by atoms with Crippen LogP contribution in [0.5, 0.6) is 0 Å².